The first-order valence-electron chi connectivity index (χ1n) is 8.28. The fourth-order valence-electron chi connectivity index (χ4n) is 3.39. The summed E-state index contributed by atoms with van der Waals surface area (Å²) in [5, 5.41) is 6.68. The van der Waals surface area contributed by atoms with E-state index in [1.165, 1.54) is 5.56 Å². The molecule has 0 aliphatic carbocycles. The van der Waals surface area contributed by atoms with Gasteiger partial charge >= 0.3 is 0 Å². The lowest BCUT2D eigenvalue weighted by molar-refractivity contribution is -0.134. The van der Waals surface area contributed by atoms with E-state index >= 15 is 0 Å². The molecular formula is C18H28N2O. The SMILES string of the molecule is CCCC1(C(=O)NC(CC)c2ccccc2)CCNCC1. The predicted molar refractivity (Wildman–Crippen MR) is 87.1 cm³/mol. The molecule has 1 unspecified atom stereocenters. The van der Waals surface area contributed by atoms with Crippen LogP contribution in [0.1, 0.15) is 57.6 Å². The second-order valence-corrected chi connectivity index (χ2v) is 6.13. The summed E-state index contributed by atoms with van der Waals surface area (Å²) >= 11 is 0. The summed E-state index contributed by atoms with van der Waals surface area (Å²) in [7, 11) is 0. The molecule has 0 spiro atoms. The van der Waals surface area contributed by atoms with Gasteiger partial charge < -0.3 is 10.6 Å². The zero-order valence-corrected chi connectivity index (χ0v) is 13.3. The van der Waals surface area contributed by atoms with Crippen LogP contribution in [0.5, 0.6) is 0 Å². The van der Waals surface area contributed by atoms with Gasteiger partial charge in [0.25, 0.3) is 0 Å². The molecule has 0 saturated carbocycles. The molecule has 1 fully saturated rings. The van der Waals surface area contributed by atoms with Crippen molar-refractivity contribution in [2.24, 2.45) is 5.41 Å². The van der Waals surface area contributed by atoms with Crippen LogP contribution in [0.25, 0.3) is 0 Å². The van der Waals surface area contributed by atoms with Gasteiger partial charge in [0, 0.05) is 0 Å². The highest BCUT2D eigenvalue weighted by Crippen LogP contribution is 2.35. The summed E-state index contributed by atoms with van der Waals surface area (Å²) in [6.45, 7) is 6.21. The minimum Gasteiger partial charge on any atom is -0.349 e. The van der Waals surface area contributed by atoms with Crippen LogP contribution in [-0.2, 0) is 4.79 Å². The van der Waals surface area contributed by atoms with E-state index in [-0.39, 0.29) is 17.4 Å². The Balaban J connectivity index is 2.10. The topological polar surface area (TPSA) is 41.1 Å². The van der Waals surface area contributed by atoms with E-state index in [0.29, 0.717) is 0 Å². The van der Waals surface area contributed by atoms with Gasteiger partial charge in [-0.3, -0.25) is 4.79 Å². The molecule has 1 amide bonds. The summed E-state index contributed by atoms with van der Waals surface area (Å²) in [5.74, 6) is 0.251. The van der Waals surface area contributed by atoms with Crippen LogP contribution in [0.15, 0.2) is 30.3 Å². The van der Waals surface area contributed by atoms with Crippen molar-refractivity contribution < 1.29 is 4.79 Å². The van der Waals surface area contributed by atoms with Crippen LogP contribution in [0.3, 0.4) is 0 Å². The Bertz CT molecular complexity index is 432. The lowest BCUT2D eigenvalue weighted by atomic mass is 9.74. The smallest absolute Gasteiger partial charge is 0.226 e. The number of carbonyl (C=O) groups is 1. The highest BCUT2D eigenvalue weighted by Gasteiger charge is 2.39. The third kappa shape index (κ3) is 3.85. The molecule has 0 bridgehead atoms. The van der Waals surface area contributed by atoms with E-state index in [2.05, 4.69) is 36.6 Å². The molecule has 116 valence electrons. The maximum absolute atomic E-state index is 12.9. The molecule has 1 aromatic carbocycles. The van der Waals surface area contributed by atoms with Gasteiger partial charge in [0.2, 0.25) is 5.91 Å². The number of hydrogen-bond donors (Lipinski definition) is 2. The highest BCUT2D eigenvalue weighted by atomic mass is 16.2. The maximum Gasteiger partial charge on any atom is 0.226 e. The summed E-state index contributed by atoms with van der Waals surface area (Å²) in [6.07, 6.45) is 4.90. The molecule has 1 aliphatic heterocycles. The van der Waals surface area contributed by atoms with Crippen LogP contribution in [0.4, 0.5) is 0 Å². The van der Waals surface area contributed by atoms with Crippen LogP contribution >= 0.6 is 0 Å². The molecule has 3 nitrogen and oxygen atoms in total. The summed E-state index contributed by atoms with van der Waals surface area (Å²) < 4.78 is 0. The third-order valence-corrected chi connectivity index (χ3v) is 4.69. The van der Waals surface area contributed by atoms with Gasteiger partial charge in [0.1, 0.15) is 0 Å². The Hall–Kier alpha value is -1.35. The molecule has 0 radical (unpaired) electrons. The number of nitrogens with one attached hydrogen (secondary N) is 2. The predicted octanol–water partition coefficient (Wildman–Crippen LogP) is 3.42. The van der Waals surface area contributed by atoms with E-state index in [4.69, 9.17) is 0 Å². The molecule has 2 rings (SSSR count). The number of carbonyl (C=O) groups excluding carboxylic acids is 1. The lowest BCUT2D eigenvalue weighted by Crippen LogP contribution is -2.48. The standard InChI is InChI=1S/C18H28N2O/c1-3-10-18(11-13-19-14-12-18)17(21)20-16(4-2)15-8-6-5-7-9-15/h5-9,16,19H,3-4,10-14H2,1-2H3,(H,20,21). The van der Waals surface area contributed by atoms with Gasteiger partial charge in [0.05, 0.1) is 11.5 Å². The number of amides is 1. The molecule has 1 aromatic rings. The Kier molecular flexibility index (Phi) is 5.80. The summed E-state index contributed by atoms with van der Waals surface area (Å²) in [6, 6.07) is 10.4. The van der Waals surface area contributed by atoms with Crippen molar-refractivity contribution in [2.75, 3.05) is 13.1 Å². The monoisotopic (exact) mass is 288 g/mol. The third-order valence-electron chi connectivity index (χ3n) is 4.69. The molecule has 1 heterocycles. The second-order valence-electron chi connectivity index (χ2n) is 6.13. The van der Waals surface area contributed by atoms with Crippen molar-refractivity contribution in [2.45, 2.75) is 52.0 Å². The van der Waals surface area contributed by atoms with Gasteiger partial charge in [-0.1, -0.05) is 50.6 Å². The van der Waals surface area contributed by atoms with E-state index in [0.717, 1.165) is 45.2 Å². The van der Waals surface area contributed by atoms with Crippen LogP contribution < -0.4 is 10.6 Å². The first-order chi connectivity index (χ1) is 10.2. The minimum absolute atomic E-state index is 0.127. The largest absolute Gasteiger partial charge is 0.349 e. The molecule has 0 aromatic heterocycles. The van der Waals surface area contributed by atoms with Crippen LogP contribution in [0, 0.1) is 5.41 Å². The van der Waals surface area contributed by atoms with Gasteiger partial charge in [-0.2, -0.15) is 0 Å². The van der Waals surface area contributed by atoms with E-state index in [9.17, 15) is 4.79 Å². The van der Waals surface area contributed by atoms with Crippen LogP contribution in [-0.4, -0.2) is 19.0 Å². The zero-order valence-electron chi connectivity index (χ0n) is 13.3. The number of hydrogen-bond acceptors (Lipinski definition) is 2. The van der Waals surface area contributed by atoms with Gasteiger partial charge in [-0.15, -0.1) is 0 Å². The summed E-state index contributed by atoms with van der Waals surface area (Å²) in [5.41, 5.74) is 1.04. The molecule has 1 aliphatic rings. The molecule has 1 atom stereocenters. The molecule has 21 heavy (non-hydrogen) atoms. The Morgan fingerprint density at radius 3 is 2.48 bits per heavy atom. The number of rotatable bonds is 6. The fraction of sp³-hybridized carbons (Fsp3) is 0.611. The van der Waals surface area contributed by atoms with Crippen molar-refractivity contribution >= 4 is 5.91 Å². The summed E-state index contributed by atoms with van der Waals surface area (Å²) in [4.78, 5) is 12.9. The number of benzene rings is 1. The van der Waals surface area contributed by atoms with Gasteiger partial charge in [0.15, 0.2) is 0 Å². The molecule has 3 heteroatoms. The van der Waals surface area contributed by atoms with Crippen LogP contribution in [0.2, 0.25) is 0 Å². The Morgan fingerprint density at radius 2 is 1.90 bits per heavy atom. The van der Waals surface area contributed by atoms with Crippen molar-refractivity contribution in [3.63, 3.8) is 0 Å². The second kappa shape index (κ2) is 7.60. The first-order valence-corrected chi connectivity index (χ1v) is 8.28. The molecule has 2 N–H and O–H groups in total. The van der Waals surface area contributed by atoms with Gasteiger partial charge in [-0.05, 0) is 44.3 Å². The Labute approximate surface area is 128 Å². The molecular weight excluding hydrogens is 260 g/mol. The normalized spacial score (nSPS) is 19.0. The van der Waals surface area contributed by atoms with E-state index in [1.807, 2.05) is 18.2 Å². The lowest BCUT2D eigenvalue weighted by Gasteiger charge is -2.37. The number of piperidine rings is 1. The average molecular weight is 288 g/mol. The quantitative estimate of drug-likeness (QED) is 0.842. The maximum atomic E-state index is 12.9. The first kappa shape index (κ1) is 16.0. The van der Waals surface area contributed by atoms with Crippen molar-refractivity contribution in [1.82, 2.24) is 10.6 Å². The van der Waals surface area contributed by atoms with E-state index in [1.54, 1.807) is 0 Å². The Morgan fingerprint density at radius 1 is 1.24 bits per heavy atom. The molecule has 1 saturated heterocycles. The van der Waals surface area contributed by atoms with E-state index < -0.39 is 0 Å². The van der Waals surface area contributed by atoms with Crippen molar-refractivity contribution in [3.05, 3.63) is 35.9 Å². The highest BCUT2D eigenvalue weighted by molar-refractivity contribution is 5.83. The minimum atomic E-state index is -0.164. The van der Waals surface area contributed by atoms with Crippen molar-refractivity contribution in [3.8, 4) is 0 Å². The zero-order chi connectivity index (χ0) is 15.1. The fourth-order valence-corrected chi connectivity index (χ4v) is 3.39. The van der Waals surface area contributed by atoms with Gasteiger partial charge in [-0.25, -0.2) is 0 Å². The average Bonchev–Trinajstić information content (AvgIpc) is 2.54. The van der Waals surface area contributed by atoms with Crippen molar-refractivity contribution in [1.29, 1.82) is 0 Å².